The average molecular weight is 240 g/mol. The Kier molecular flexibility index (Phi) is 5.71. The quantitative estimate of drug-likeness (QED) is 0.829. The SMILES string of the molecule is COc1cccc(CC(O)CSC(C)C)c1. The number of aliphatic hydroxyl groups excluding tert-OH is 1. The molecule has 1 unspecified atom stereocenters. The van der Waals surface area contributed by atoms with E-state index in [4.69, 9.17) is 4.74 Å². The van der Waals surface area contributed by atoms with Gasteiger partial charge in [0.1, 0.15) is 5.75 Å². The Labute approximate surface area is 102 Å². The fraction of sp³-hybridized carbons (Fsp3) is 0.538. The molecule has 1 aromatic carbocycles. The van der Waals surface area contributed by atoms with Crippen molar-refractivity contribution in [2.75, 3.05) is 12.9 Å². The summed E-state index contributed by atoms with van der Waals surface area (Å²) in [6, 6.07) is 7.87. The molecule has 0 bridgehead atoms. The minimum atomic E-state index is -0.278. The Morgan fingerprint density at radius 2 is 2.12 bits per heavy atom. The van der Waals surface area contributed by atoms with Crippen molar-refractivity contribution in [2.24, 2.45) is 0 Å². The van der Waals surface area contributed by atoms with Gasteiger partial charge in [-0.25, -0.2) is 0 Å². The van der Waals surface area contributed by atoms with Gasteiger partial charge in [-0.15, -0.1) is 0 Å². The highest BCUT2D eigenvalue weighted by atomic mass is 32.2. The molecule has 0 aromatic heterocycles. The molecule has 0 heterocycles. The van der Waals surface area contributed by atoms with E-state index in [0.717, 1.165) is 17.1 Å². The number of benzene rings is 1. The summed E-state index contributed by atoms with van der Waals surface area (Å²) in [4.78, 5) is 0. The van der Waals surface area contributed by atoms with Crippen LogP contribution >= 0.6 is 11.8 Å². The molecule has 0 aliphatic carbocycles. The van der Waals surface area contributed by atoms with Gasteiger partial charge >= 0.3 is 0 Å². The van der Waals surface area contributed by atoms with Gasteiger partial charge in [0.2, 0.25) is 0 Å². The van der Waals surface area contributed by atoms with Crippen molar-refractivity contribution in [2.45, 2.75) is 31.6 Å². The van der Waals surface area contributed by atoms with E-state index in [1.807, 2.05) is 24.3 Å². The van der Waals surface area contributed by atoms with Crippen molar-refractivity contribution in [1.29, 1.82) is 0 Å². The molecule has 1 rings (SSSR count). The molecule has 0 spiro atoms. The summed E-state index contributed by atoms with van der Waals surface area (Å²) in [6.07, 6.45) is 0.413. The average Bonchev–Trinajstić information content (AvgIpc) is 2.26. The van der Waals surface area contributed by atoms with Crippen LogP contribution < -0.4 is 4.74 Å². The highest BCUT2D eigenvalue weighted by molar-refractivity contribution is 7.99. The summed E-state index contributed by atoms with van der Waals surface area (Å²) in [7, 11) is 1.66. The first-order chi connectivity index (χ1) is 7.61. The van der Waals surface area contributed by atoms with Crippen LogP contribution in [0.25, 0.3) is 0 Å². The molecule has 1 atom stereocenters. The maximum absolute atomic E-state index is 9.85. The molecular weight excluding hydrogens is 220 g/mol. The summed E-state index contributed by atoms with van der Waals surface area (Å²) in [6.45, 7) is 4.28. The summed E-state index contributed by atoms with van der Waals surface area (Å²) in [5, 5.41) is 10.4. The molecule has 1 aromatic rings. The van der Waals surface area contributed by atoms with Gasteiger partial charge in [0.05, 0.1) is 13.2 Å². The molecule has 0 aliphatic rings. The van der Waals surface area contributed by atoms with E-state index in [9.17, 15) is 5.11 Å². The van der Waals surface area contributed by atoms with Gasteiger partial charge < -0.3 is 9.84 Å². The number of rotatable bonds is 6. The van der Waals surface area contributed by atoms with Crippen LogP contribution in [-0.4, -0.2) is 29.3 Å². The molecule has 90 valence electrons. The fourth-order valence-electron chi connectivity index (χ4n) is 1.43. The lowest BCUT2D eigenvalue weighted by Crippen LogP contribution is -2.14. The van der Waals surface area contributed by atoms with Crippen LogP contribution in [0.4, 0.5) is 0 Å². The number of methoxy groups -OCH3 is 1. The zero-order chi connectivity index (χ0) is 12.0. The third-order valence-corrected chi connectivity index (χ3v) is 3.47. The summed E-state index contributed by atoms with van der Waals surface area (Å²) in [5.41, 5.74) is 1.12. The highest BCUT2D eigenvalue weighted by Gasteiger charge is 2.07. The van der Waals surface area contributed by atoms with Crippen molar-refractivity contribution >= 4 is 11.8 Å². The molecule has 0 fully saturated rings. The van der Waals surface area contributed by atoms with Crippen LogP contribution in [0.15, 0.2) is 24.3 Å². The minimum absolute atomic E-state index is 0.278. The van der Waals surface area contributed by atoms with Gasteiger partial charge in [0.25, 0.3) is 0 Å². The first-order valence-corrected chi connectivity index (χ1v) is 6.59. The molecule has 0 saturated carbocycles. The third-order valence-electron chi connectivity index (χ3n) is 2.23. The Morgan fingerprint density at radius 3 is 2.75 bits per heavy atom. The van der Waals surface area contributed by atoms with Crippen molar-refractivity contribution in [3.8, 4) is 5.75 Å². The van der Waals surface area contributed by atoms with Gasteiger partial charge in [-0.2, -0.15) is 11.8 Å². The standard InChI is InChI=1S/C13H20O2S/c1-10(2)16-9-12(14)7-11-5-4-6-13(8-11)15-3/h4-6,8,10,12,14H,7,9H2,1-3H3. The second kappa shape index (κ2) is 6.81. The molecule has 0 saturated heterocycles. The number of hydrogen-bond donors (Lipinski definition) is 1. The summed E-state index contributed by atoms with van der Waals surface area (Å²) >= 11 is 1.79. The lowest BCUT2D eigenvalue weighted by molar-refractivity contribution is 0.200. The summed E-state index contributed by atoms with van der Waals surface area (Å²) in [5.74, 6) is 1.63. The smallest absolute Gasteiger partial charge is 0.119 e. The zero-order valence-corrected chi connectivity index (χ0v) is 11.0. The van der Waals surface area contributed by atoms with Gasteiger partial charge in [-0.3, -0.25) is 0 Å². The van der Waals surface area contributed by atoms with Crippen molar-refractivity contribution in [3.05, 3.63) is 29.8 Å². The Balaban J connectivity index is 2.45. The molecule has 0 amide bonds. The molecule has 2 nitrogen and oxygen atoms in total. The number of aliphatic hydroxyl groups is 1. The topological polar surface area (TPSA) is 29.5 Å². The molecule has 0 radical (unpaired) electrons. The molecule has 1 N–H and O–H groups in total. The third kappa shape index (κ3) is 4.90. The first kappa shape index (κ1) is 13.4. The second-order valence-corrected chi connectivity index (χ2v) is 5.70. The van der Waals surface area contributed by atoms with Gasteiger partial charge in [-0.05, 0) is 29.4 Å². The second-order valence-electron chi connectivity index (χ2n) is 4.09. The van der Waals surface area contributed by atoms with Crippen LogP contribution in [0.5, 0.6) is 5.75 Å². The van der Waals surface area contributed by atoms with E-state index in [1.165, 1.54) is 0 Å². The Morgan fingerprint density at radius 1 is 1.38 bits per heavy atom. The fourth-order valence-corrected chi connectivity index (χ4v) is 2.16. The molecular formula is C13H20O2S. The van der Waals surface area contributed by atoms with Gasteiger partial charge in [0, 0.05) is 5.75 Å². The maximum atomic E-state index is 9.85. The van der Waals surface area contributed by atoms with E-state index >= 15 is 0 Å². The van der Waals surface area contributed by atoms with Crippen molar-refractivity contribution in [1.82, 2.24) is 0 Å². The van der Waals surface area contributed by atoms with Crippen LogP contribution in [-0.2, 0) is 6.42 Å². The van der Waals surface area contributed by atoms with E-state index in [0.29, 0.717) is 11.7 Å². The lowest BCUT2D eigenvalue weighted by Gasteiger charge is -2.12. The van der Waals surface area contributed by atoms with Crippen molar-refractivity contribution < 1.29 is 9.84 Å². The Bertz CT molecular complexity index is 313. The predicted molar refractivity (Wildman–Crippen MR) is 70.3 cm³/mol. The molecule has 16 heavy (non-hydrogen) atoms. The van der Waals surface area contributed by atoms with Crippen LogP contribution in [0.1, 0.15) is 19.4 Å². The van der Waals surface area contributed by atoms with Crippen LogP contribution in [0.3, 0.4) is 0 Å². The zero-order valence-electron chi connectivity index (χ0n) is 10.1. The normalized spacial score (nSPS) is 12.8. The first-order valence-electron chi connectivity index (χ1n) is 5.54. The predicted octanol–water partition coefficient (Wildman–Crippen LogP) is 2.74. The maximum Gasteiger partial charge on any atom is 0.119 e. The lowest BCUT2D eigenvalue weighted by atomic mass is 10.1. The number of hydrogen-bond acceptors (Lipinski definition) is 3. The van der Waals surface area contributed by atoms with Gasteiger partial charge in [0.15, 0.2) is 0 Å². The van der Waals surface area contributed by atoms with E-state index in [-0.39, 0.29) is 6.10 Å². The summed E-state index contributed by atoms with van der Waals surface area (Å²) < 4.78 is 5.15. The van der Waals surface area contributed by atoms with Crippen LogP contribution in [0.2, 0.25) is 0 Å². The minimum Gasteiger partial charge on any atom is -0.497 e. The monoisotopic (exact) mass is 240 g/mol. The highest BCUT2D eigenvalue weighted by Crippen LogP contribution is 2.17. The number of ether oxygens (including phenoxy) is 1. The van der Waals surface area contributed by atoms with Crippen LogP contribution in [0, 0.1) is 0 Å². The largest absolute Gasteiger partial charge is 0.497 e. The van der Waals surface area contributed by atoms with E-state index < -0.39 is 0 Å². The molecule has 3 heteroatoms. The van der Waals surface area contributed by atoms with E-state index in [1.54, 1.807) is 18.9 Å². The molecule has 0 aliphatic heterocycles. The Hall–Kier alpha value is -0.670. The van der Waals surface area contributed by atoms with Crippen molar-refractivity contribution in [3.63, 3.8) is 0 Å². The van der Waals surface area contributed by atoms with Gasteiger partial charge in [-0.1, -0.05) is 26.0 Å². The number of thioether (sulfide) groups is 1. The van der Waals surface area contributed by atoms with E-state index in [2.05, 4.69) is 13.8 Å².